The zero-order chi connectivity index (χ0) is 10.9. The Morgan fingerprint density at radius 3 is 2.80 bits per heavy atom. The van der Waals surface area contributed by atoms with Crippen LogP contribution in [0.4, 0.5) is 5.69 Å². The number of nitrogen functional groups attached to an aromatic ring is 1. The van der Waals surface area contributed by atoms with Gasteiger partial charge in [-0.05, 0) is 0 Å². The zero-order valence-electron chi connectivity index (χ0n) is 8.68. The van der Waals surface area contributed by atoms with E-state index < -0.39 is 0 Å². The smallest absolute Gasteiger partial charge is 0.240 e. The van der Waals surface area contributed by atoms with Crippen LogP contribution < -0.4 is 10.5 Å². The molecule has 0 atom stereocenters. The maximum absolute atomic E-state index is 5.57. The highest BCUT2D eigenvalue weighted by Gasteiger charge is 2.00. The fourth-order valence-electron chi connectivity index (χ4n) is 0.891. The summed E-state index contributed by atoms with van der Waals surface area (Å²) in [7, 11) is 1.63. The Balaban J connectivity index is 2.12. The molecule has 15 heavy (non-hydrogen) atoms. The number of nitrogens with zero attached hydrogens (tertiary/aromatic N) is 2. The summed E-state index contributed by atoms with van der Waals surface area (Å²) in [6.07, 6.45) is 2.88. The molecule has 0 aromatic carbocycles. The number of hydrogen-bond acceptors (Lipinski definition) is 6. The van der Waals surface area contributed by atoms with Crippen molar-refractivity contribution in [2.24, 2.45) is 0 Å². The predicted octanol–water partition coefficient (Wildman–Crippen LogP) is 0.101. The molecule has 0 amide bonds. The minimum absolute atomic E-state index is 0.389. The Hall–Kier alpha value is -1.40. The maximum atomic E-state index is 5.57. The largest absolute Gasteiger partial charge is 0.474 e. The number of hydrogen-bond donors (Lipinski definition) is 1. The molecule has 0 unspecified atom stereocenters. The molecule has 0 fully saturated rings. The van der Waals surface area contributed by atoms with Crippen LogP contribution in [0.25, 0.3) is 0 Å². The third-order valence-corrected chi connectivity index (χ3v) is 1.60. The summed E-state index contributed by atoms with van der Waals surface area (Å²) in [6, 6.07) is 0. The lowest BCUT2D eigenvalue weighted by Gasteiger charge is -2.07. The molecule has 2 N–H and O–H groups in total. The Labute approximate surface area is 88.4 Å². The molecule has 0 spiro atoms. The van der Waals surface area contributed by atoms with Crippen molar-refractivity contribution in [3.8, 4) is 5.88 Å². The highest BCUT2D eigenvalue weighted by atomic mass is 16.5. The first-order valence-electron chi connectivity index (χ1n) is 4.59. The normalized spacial score (nSPS) is 10.2. The van der Waals surface area contributed by atoms with Crippen molar-refractivity contribution in [3.05, 3.63) is 12.5 Å². The van der Waals surface area contributed by atoms with Crippen molar-refractivity contribution in [2.45, 2.75) is 0 Å². The summed E-state index contributed by atoms with van der Waals surface area (Å²) in [4.78, 5) is 7.62. The predicted molar refractivity (Wildman–Crippen MR) is 54.6 cm³/mol. The minimum Gasteiger partial charge on any atom is -0.474 e. The summed E-state index contributed by atoms with van der Waals surface area (Å²) in [5.74, 6) is 0.389. The molecule has 6 heteroatoms. The second-order valence-corrected chi connectivity index (χ2v) is 2.74. The van der Waals surface area contributed by atoms with E-state index in [2.05, 4.69) is 9.97 Å². The van der Waals surface area contributed by atoms with Crippen LogP contribution in [0.5, 0.6) is 5.88 Å². The van der Waals surface area contributed by atoms with Crippen LogP contribution in [0.2, 0.25) is 0 Å². The van der Waals surface area contributed by atoms with Gasteiger partial charge in [0.1, 0.15) is 18.6 Å². The Bertz CT molecular complexity index is 283. The molecular formula is C9H15N3O3. The molecule has 1 heterocycles. The van der Waals surface area contributed by atoms with Gasteiger partial charge in [-0.25, -0.2) is 9.97 Å². The van der Waals surface area contributed by atoms with Crippen LogP contribution in [0.15, 0.2) is 12.5 Å². The molecular weight excluding hydrogens is 198 g/mol. The van der Waals surface area contributed by atoms with Gasteiger partial charge in [0.05, 0.1) is 26.0 Å². The molecule has 0 aliphatic carbocycles. The Morgan fingerprint density at radius 2 is 2.07 bits per heavy atom. The molecule has 0 bridgehead atoms. The van der Waals surface area contributed by atoms with Gasteiger partial charge in [0, 0.05) is 7.11 Å². The summed E-state index contributed by atoms with van der Waals surface area (Å²) in [5, 5.41) is 0. The number of anilines is 1. The first-order chi connectivity index (χ1) is 7.34. The van der Waals surface area contributed by atoms with Gasteiger partial charge in [-0.15, -0.1) is 0 Å². The number of methoxy groups -OCH3 is 1. The first kappa shape index (κ1) is 11.7. The highest BCUT2D eigenvalue weighted by molar-refractivity contribution is 5.44. The van der Waals surface area contributed by atoms with E-state index in [1.54, 1.807) is 7.11 Å². The van der Waals surface area contributed by atoms with E-state index in [-0.39, 0.29) is 0 Å². The van der Waals surface area contributed by atoms with E-state index in [1.165, 1.54) is 12.5 Å². The second-order valence-electron chi connectivity index (χ2n) is 2.74. The highest BCUT2D eigenvalue weighted by Crippen LogP contribution is 2.13. The molecule has 1 aromatic heterocycles. The molecule has 0 radical (unpaired) electrons. The Kier molecular flexibility index (Phi) is 5.42. The molecule has 0 saturated heterocycles. The molecule has 6 nitrogen and oxygen atoms in total. The fourth-order valence-corrected chi connectivity index (χ4v) is 0.891. The van der Waals surface area contributed by atoms with Gasteiger partial charge in [0.25, 0.3) is 0 Å². The van der Waals surface area contributed by atoms with Crippen LogP contribution in [0.1, 0.15) is 0 Å². The lowest BCUT2D eigenvalue weighted by Crippen LogP contribution is -2.11. The number of nitrogens with two attached hydrogens (primary N) is 1. The molecule has 1 rings (SSSR count). The van der Waals surface area contributed by atoms with Crippen molar-refractivity contribution >= 4 is 5.69 Å². The minimum atomic E-state index is 0.389. The summed E-state index contributed by atoms with van der Waals surface area (Å²) < 4.78 is 15.3. The van der Waals surface area contributed by atoms with Crippen molar-refractivity contribution in [1.82, 2.24) is 9.97 Å². The fraction of sp³-hybridized carbons (Fsp3) is 0.556. The molecule has 0 aliphatic rings. The zero-order valence-corrected chi connectivity index (χ0v) is 8.68. The van der Waals surface area contributed by atoms with Gasteiger partial charge in [-0.3, -0.25) is 0 Å². The van der Waals surface area contributed by atoms with E-state index in [0.29, 0.717) is 38.0 Å². The van der Waals surface area contributed by atoms with E-state index in [9.17, 15) is 0 Å². The van der Waals surface area contributed by atoms with Crippen molar-refractivity contribution < 1.29 is 14.2 Å². The molecule has 0 saturated carbocycles. The molecule has 1 aromatic rings. The van der Waals surface area contributed by atoms with Gasteiger partial charge < -0.3 is 19.9 Å². The average molecular weight is 213 g/mol. The van der Waals surface area contributed by atoms with Crippen molar-refractivity contribution in [3.63, 3.8) is 0 Å². The third kappa shape index (κ3) is 4.57. The lowest BCUT2D eigenvalue weighted by atomic mass is 10.5. The standard InChI is InChI=1S/C9H15N3O3/c1-13-2-3-14-4-5-15-9-8(10)6-11-7-12-9/h6-7H,2-5,10H2,1H3. The third-order valence-electron chi connectivity index (χ3n) is 1.60. The van der Waals surface area contributed by atoms with Gasteiger partial charge in [-0.1, -0.05) is 0 Å². The average Bonchev–Trinajstić information content (AvgIpc) is 2.25. The van der Waals surface area contributed by atoms with Gasteiger partial charge >= 0.3 is 0 Å². The number of ether oxygens (including phenoxy) is 3. The summed E-state index contributed by atoms with van der Waals surface area (Å²) >= 11 is 0. The lowest BCUT2D eigenvalue weighted by molar-refractivity contribution is 0.0538. The number of rotatable bonds is 7. The topological polar surface area (TPSA) is 79.5 Å². The SMILES string of the molecule is COCCOCCOc1ncncc1N. The van der Waals surface area contributed by atoms with Crippen molar-refractivity contribution in [1.29, 1.82) is 0 Å². The first-order valence-corrected chi connectivity index (χ1v) is 4.59. The number of aromatic nitrogens is 2. The maximum Gasteiger partial charge on any atom is 0.240 e. The Morgan fingerprint density at radius 1 is 1.27 bits per heavy atom. The monoisotopic (exact) mass is 213 g/mol. The quantitative estimate of drug-likeness (QED) is 0.647. The van der Waals surface area contributed by atoms with E-state index in [4.69, 9.17) is 19.9 Å². The summed E-state index contributed by atoms with van der Waals surface area (Å²) in [6.45, 7) is 2.02. The van der Waals surface area contributed by atoms with Crippen LogP contribution in [-0.4, -0.2) is 43.5 Å². The second kappa shape index (κ2) is 6.97. The van der Waals surface area contributed by atoms with Crippen LogP contribution >= 0.6 is 0 Å². The summed E-state index contributed by atoms with van der Waals surface area (Å²) in [5.41, 5.74) is 6.00. The van der Waals surface area contributed by atoms with E-state index in [1.807, 2.05) is 0 Å². The van der Waals surface area contributed by atoms with Crippen molar-refractivity contribution in [2.75, 3.05) is 39.3 Å². The van der Waals surface area contributed by atoms with Gasteiger partial charge in [0.15, 0.2) is 0 Å². The molecule has 0 aliphatic heterocycles. The van der Waals surface area contributed by atoms with E-state index >= 15 is 0 Å². The van der Waals surface area contributed by atoms with Gasteiger partial charge in [0.2, 0.25) is 5.88 Å². The molecule has 84 valence electrons. The van der Waals surface area contributed by atoms with Crippen LogP contribution in [0, 0.1) is 0 Å². The van der Waals surface area contributed by atoms with Crippen LogP contribution in [0.3, 0.4) is 0 Å². The van der Waals surface area contributed by atoms with E-state index in [0.717, 1.165) is 0 Å². The van der Waals surface area contributed by atoms with Crippen LogP contribution in [-0.2, 0) is 9.47 Å². The van der Waals surface area contributed by atoms with Gasteiger partial charge in [-0.2, -0.15) is 0 Å².